The van der Waals surface area contributed by atoms with Crippen LogP contribution in [0.5, 0.6) is 0 Å². The Kier molecular flexibility index (Phi) is 4.46. The molecule has 5 heteroatoms. The summed E-state index contributed by atoms with van der Waals surface area (Å²) < 4.78 is 0. The highest BCUT2D eigenvalue weighted by molar-refractivity contribution is 5.80. The van der Waals surface area contributed by atoms with Crippen LogP contribution in [0.3, 0.4) is 0 Å². The van der Waals surface area contributed by atoms with Gasteiger partial charge in [-0.05, 0) is 25.5 Å². The molecule has 0 bridgehead atoms. The summed E-state index contributed by atoms with van der Waals surface area (Å²) in [6.07, 6.45) is 1.62. The van der Waals surface area contributed by atoms with Crippen LogP contribution in [0.1, 0.15) is 18.1 Å². The molecule has 0 aliphatic carbocycles. The number of aryl methyl sites for hydroxylation is 1. The number of hydrogen-bond donors (Lipinski definition) is 1. The van der Waals surface area contributed by atoms with Gasteiger partial charge < -0.3 is 10.2 Å². The summed E-state index contributed by atoms with van der Waals surface area (Å²) in [5.74, 6) is 0.435. The number of nitrogens with zero attached hydrogens (tertiary/aromatic N) is 3. The maximum atomic E-state index is 11.6. The monoisotopic (exact) mass is 232 g/mol. The summed E-state index contributed by atoms with van der Waals surface area (Å²) in [6.45, 7) is 4.55. The van der Waals surface area contributed by atoms with Crippen LogP contribution in [0.4, 0.5) is 5.82 Å². The summed E-state index contributed by atoms with van der Waals surface area (Å²) in [4.78, 5) is 17.3. The van der Waals surface area contributed by atoms with E-state index in [2.05, 4.69) is 16.4 Å². The second kappa shape index (κ2) is 5.85. The SMILES string of the molecule is CCN(C)C(=O)CNc1nccc(C)c1C#N. The van der Waals surface area contributed by atoms with E-state index in [1.165, 1.54) is 0 Å². The lowest BCUT2D eigenvalue weighted by Gasteiger charge is -2.15. The number of hydrogen-bond acceptors (Lipinski definition) is 4. The summed E-state index contributed by atoms with van der Waals surface area (Å²) >= 11 is 0. The molecule has 0 aliphatic heterocycles. The first-order valence-electron chi connectivity index (χ1n) is 5.43. The lowest BCUT2D eigenvalue weighted by Crippen LogP contribution is -2.32. The average Bonchev–Trinajstić information content (AvgIpc) is 2.34. The minimum atomic E-state index is -0.0281. The van der Waals surface area contributed by atoms with E-state index in [4.69, 9.17) is 5.26 Å². The fraction of sp³-hybridized carbons (Fsp3) is 0.417. The lowest BCUT2D eigenvalue weighted by atomic mass is 10.1. The Morgan fingerprint density at radius 2 is 2.35 bits per heavy atom. The number of anilines is 1. The molecule has 0 spiro atoms. The zero-order valence-corrected chi connectivity index (χ0v) is 10.3. The zero-order chi connectivity index (χ0) is 12.8. The first-order valence-corrected chi connectivity index (χ1v) is 5.43. The van der Waals surface area contributed by atoms with Gasteiger partial charge in [-0.3, -0.25) is 4.79 Å². The fourth-order valence-electron chi connectivity index (χ4n) is 1.30. The molecule has 1 aromatic rings. The minimum absolute atomic E-state index is 0.0281. The molecule has 1 rings (SSSR count). The largest absolute Gasteiger partial charge is 0.360 e. The van der Waals surface area contributed by atoms with Crippen molar-refractivity contribution in [2.45, 2.75) is 13.8 Å². The summed E-state index contributed by atoms with van der Waals surface area (Å²) in [6, 6.07) is 3.85. The van der Waals surface area contributed by atoms with Crippen LogP contribution in [0.25, 0.3) is 0 Å². The lowest BCUT2D eigenvalue weighted by molar-refractivity contribution is -0.127. The van der Waals surface area contributed by atoms with Crippen molar-refractivity contribution in [1.82, 2.24) is 9.88 Å². The van der Waals surface area contributed by atoms with Crippen molar-refractivity contribution in [1.29, 1.82) is 5.26 Å². The Morgan fingerprint density at radius 3 is 2.94 bits per heavy atom. The normalized spacial score (nSPS) is 9.53. The summed E-state index contributed by atoms with van der Waals surface area (Å²) in [7, 11) is 1.74. The molecule has 17 heavy (non-hydrogen) atoms. The van der Waals surface area contributed by atoms with E-state index in [-0.39, 0.29) is 12.5 Å². The molecule has 1 amide bonds. The molecule has 0 radical (unpaired) electrons. The molecule has 90 valence electrons. The van der Waals surface area contributed by atoms with Gasteiger partial charge in [0, 0.05) is 19.8 Å². The smallest absolute Gasteiger partial charge is 0.241 e. The Morgan fingerprint density at radius 1 is 1.65 bits per heavy atom. The van der Waals surface area contributed by atoms with Crippen LogP contribution in [0, 0.1) is 18.3 Å². The molecular weight excluding hydrogens is 216 g/mol. The van der Waals surface area contributed by atoms with E-state index in [1.54, 1.807) is 24.2 Å². The van der Waals surface area contributed by atoms with Crippen LogP contribution in [0.15, 0.2) is 12.3 Å². The highest BCUT2D eigenvalue weighted by atomic mass is 16.2. The van der Waals surface area contributed by atoms with Gasteiger partial charge in [-0.15, -0.1) is 0 Å². The minimum Gasteiger partial charge on any atom is -0.360 e. The number of nitrogens with one attached hydrogen (secondary N) is 1. The van der Waals surface area contributed by atoms with Crippen LogP contribution in [0.2, 0.25) is 0 Å². The quantitative estimate of drug-likeness (QED) is 0.845. The van der Waals surface area contributed by atoms with Gasteiger partial charge in [0.05, 0.1) is 12.1 Å². The third-order valence-corrected chi connectivity index (χ3v) is 2.58. The Hall–Kier alpha value is -2.09. The van der Waals surface area contributed by atoms with Crippen molar-refractivity contribution in [2.75, 3.05) is 25.5 Å². The fourth-order valence-corrected chi connectivity index (χ4v) is 1.30. The topological polar surface area (TPSA) is 69.0 Å². The Bertz CT molecular complexity index is 450. The standard InChI is InChI=1S/C12H16N4O/c1-4-16(3)11(17)8-15-12-10(7-13)9(2)5-6-14-12/h5-6H,4,8H2,1-3H3,(H,14,15). The van der Waals surface area contributed by atoms with E-state index in [0.717, 1.165) is 5.56 Å². The van der Waals surface area contributed by atoms with Crippen LogP contribution < -0.4 is 5.32 Å². The predicted molar refractivity (Wildman–Crippen MR) is 65.5 cm³/mol. The van der Waals surface area contributed by atoms with Crippen molar-refractivity contribution in [3.8, 4) is 6.07 Å². The van der Waals surface area contributed by atoms with Gasteiger partial charge in [-0.2, -0.15) is 5.26 Å². The molecular formula is C12H16N4O. The second-order valence-corrected chi connectivity index (χ2v) is 3.72. The van der Waals surface area contributed by atoms with E-state index >= 15 is 0 Å². The van der Waals surface area contributed by atoms with E-state index in [9.17, 15) is 4.79 Å². The first kappa shape index (κ1) is 13.0. The van der Waals surface area contributed by atoms with Crippen molar-refractivity contribution in [3.05, 3.63) is 23.4 Å². The van der Waals surface area contributed by atoms with Gasteiger partial charge >= 0.3 is 0 Å². The molecule has 0 saturated carbocycles. The third kappa shape index (κ3) is 3.18. The van der Waals surface area contributed by atoms with Crippen LogP contribution in [-0.2, 0) is 4.79 Å². The highest BCUT2D eigenvalue weighted by Gasteiger charge is 2.10. The number of carbonyl (C=O) groups excluding carboxylic acids is 1. The third-order valence-electron chi connectivity index (χ3n) is 2.58. The molecule has 1 N–H and O–H groups in total. The van der Waals surface area contributed by atoms with Gasteiger partial charge in [0.1, 0.15) is 11.9 Å². The van der Waals surface area contributed by atoms with Crippen LogP contribution in [-0.4, -0.2) is 35.9 Å². The molecule has 5 nitrogen and oxygen atoms in total. The predicted octanol–water partition coefficient (Wildman–Crippen LogP) is 1.15. The number of rotatable bonds is 4. The Balaban J connectivity index is 2.74. The van der Waals surface area contributed by atoms with Gasteiger partial charge in [-0.1, -0.05) is 0 Å². The Labute approximate surface area is 101 Å². The van der Waals surface area contributed by atoms with Gasteiger partial charge in [0.15, 0.2) is 0 Å². The van der Waals surface area contributed by atoms with Gasteiger partial charge in [-0.25, -0.2) is 4.98 Å². The van der Waals surface area contributed by atoms with Gasteiger partial charge in [0.2, 0.25) is 5.91 Å². The van der Waals surface area contributed by atoms with E-state index < -0.39 is 0 Å². The van der Waals surface area contributed by atoms with E-state index in [0.29, 0.717) is 17.9 Å². The van der Waals surface area contributed by atoms with Crippen molar-refractivity contribution in [3.63, 3.8) is 0 Å². The zero-order valence-electron chi connectivity index (χ0n) is 10.3. The number of nitriles is 1. The second-order valence-electron chi connectivity index (χ2n) is 3.72. The molecule has 1 aromatic heterocycles. The first-order chi connectivity index (χ1) is 8.10. The number of amides is 1. The summed E-state index contributed by atoms with van der Waals surface area (Å²) in [5.41, 5.74) is 1.33. The average molecular weight is 232 g/mol. The number of carbonyl (C=O) groups is 1. The van der Waals surface area contributed by atoms with Crippen LogP contribution >= 0.6 is 0 Å². The molecule has 0 aromatic carbocycles. The molecule has 0 fully saturated rings. The molecule has 0 unspecified atom stereocenters. The summed E-state index contributed by atoms with van der Waals surface area (Å²) in [5, 5.41) is 11.9. The van der Waals surface area contributed by atoms with Gasteiger partial charge in [0.25, 0.3) is 0 Å². The highest BCUT2D eigenvalue weighted by Crippen LogP contribution is 2.14. The maximum Gasteiger partial charge on any atom is 0.241 e. The van der Waals surface area contributed by atoms with E-state index in [1.807, 2.05) is 13.8 Å². The maximum absolute atomic E-state index is 11.6. The molecule has 1 heterocycles. The molecule has 0 aliphatic rings. The van der Waals surface area contributed by atoms with Crippen molar-refractivity contribution < 1.29 is 4.79 Å². The number of likely N-dealkylation sites (N-methyl/N-ethyl adjacent to an activating group) is 1. The molecule has 0 saturated heterocycles. The van der Waals surface area contributed by atoms with Crippen molar-refractivity contribution >= 4 is 11.7 Å². The number of pyridine rings is 1. The number of aromatic nitrogens is 1. The molecule has 0 atom stereocenters. The van der Waals surface area contributed by atoms with Crippen molar-refractivity contribution in [2.24, 2.45) is 0 Å².